The van der Waals surface area contributed by atoms with E-state index in [1.165, 1.54) is 0 Å². The van der Waals surface area contributed by atoms with Gasteiger partial charge in [-0.15, -0.1) is 0 Å². The second-order valence-corrected chi connectivity index (χ2v) is 3.96. The smallest absolute Gasteiger partial charge is 0.134 e. The van der Waals surface area contributed by atoms with Crippen LogP contribution in [0.25, 0.3) is 0 Å². The van der Waals surface area contributed by atoms with Crippen molar-refractivity contribution in [2.45, 2.75) is 19.8 Å². The largest absolute Gasteiger partial charge is 0.395 e. The molecule has 102 valence electrons. The standard InChI is InChI=1S/C12H22N4O2/c1-3-4-10-14-11(13-2)9-12(15-10)16(5-7-17)6-8-18/h9,17-18H,3-8H2,1-2H3,(H,13,14,15). The summed E-state index contributed by atoms with van der Waals surface area (Å²) in [4.78, 5) is 10.7. The molecule has 0 aliphatic rings. The second kappa shape index (κ2) is 7.84. The minimum Gasteiger partial charge on any atom is -0.395 e. The van der Waals surface area contributed by atoms with Crippen molar-refractivity contribution in [2.75, 3.05) is 43.6 Å². The molecule has 0 unspecified atom stereocenters. The van der Waals surface area contributed by atoms with Crippen molar-refractivity contribution in [1.82, 2.24) is 9.97 Å². The normalized spacial score (nSPS) is 10.4. The molecule has 0 aromatic carbocycles. The van der Waals surface area contributed by atoms with Crippen LogP contribution < -0.4 is 10.2 Å². The minimum absolute atomic E-state index is 0.0298. The third kappa shape index (κ3) is 4.12. The number of rotatable bonds is 8. The lowest BCUT2D eigenvalue weighted by Gasteiger charge is -2.22. The molecular formula is C12H22N4O2. The Morgan fingerprint density at radius 2 is 1.89 bits per heavy atom. The van der Waals surface area contributed by atoms with E-state index in [-0.39, 0.29) is 13.2 Å². The first-order valence-electron chi connectivity index (χ1n) is 6.27. The molecule has 0 fully saturated rings. The summed E-state index contributed by atoms with van der Waals surface area (Å²) in [6.07, 6.45) is 1.79. The van der Waals surface area contributed by atoms with Gasteiger partial charge >= 0.3 is 0 Å². The highest BCUT2D eigenvalue weighted by Gasteiger charge is 2.10. The summed E-state index contributed by atoms with van der Waals surface area (Å²) in [6, 6.07) is 1.82. The third-order valence-electron chi connectivity index (χ3n) is 2.55. The van der Waals surface area contributed by atoms with Crippen LogP contribution in [0.5, 0.6) is 0 Å². The maximum atomic E-state index is 9.04. The number of aliphatic hydroxyl groups is 2. The van der Waals surface area contributed by atoms with E-state index < -0.39 is 0 Å². The predicted molar refractivity (Wildman–Crippen MR) is 72.0 cm³/mol. The van der Waals surface area contributed by atoms with E-state index in [1.54, 1.807) is 0 Å². The van der Waals surface area contributed by atoms with Gasteiger partial charge in [0.15, 0.2) is 0 Å². The van der Waals surface area contributed by atoms with Gasteiger partial charge in [0.1, 0.15) is 17.5 Å². The summed E-state index contributed by atoms with van der Waals surface area (Å²) < 4.78 is 0. The van der Waals surface area contributed by atoms with E-state index in [4.69, 9.17) is 10.2 Å². The number of nitrogens with one attached hydrogen (secondary N) is 1. The van der Waals surface area contributed by atoms with E-state index >= 15 is 0 Å². The molecule has 0 saturated carbocycles. The van der Waals surface area contributed by atoms with Crippen molar-refractivity contribution in [3.63, 3.8) is 0 Å². The molecule has 6 nitrogen and oxygen atoms in total. The van der Waals surface area contributed by atoms with Gasteiger partial charge in [-0.05, 0) is 6.42 Å². The van der Waals surface area contributed by atoms with Gasteiger partial charge in [-0.1, -0.05) is 6.92 Å². The first-order chi connectivity index (χ1) is 8.74. The zero-order chi connectivity index (χ0) is 13.4. The van der Waals surface area contributed by atoms with Crippen molar-refractivity contribution in [3.8, 4) is 0 Å². The topological polar surface area (TPSA) is 81.5 Å². The maximum absolute atomic E-state index is 9.04. The zero-order valence-corrected chi connectivity index (χ0v) is 11.1. The summed E-state index contributed by atoms with van der Waals surface area (Å²) in [5.74, 6) is 2.27. The maximum Gasteiger partial charge on any atom is 0.134 e. The molecule has 0 amide bonds. The Bertz CT molecular complexity index is 354. The molecule has 0 spiro atoms. The van der Waals surface area contributed by atoms with Crippen LogP contribution in [0.3, 0.4) is 0 Å². The fourth-order valence-electron chi connectivity index (χ4n) is 1.69. The predicted octanol–water partition coefficient (Wildman–Crippen LogP) is 0.262. The summed E-state index contributed by atoms with van der Waals surface area (Å²) in [6.45, 7) is 3.04. The van der Waals surface area contributed by atoms with Gasteiger partial charge in [0.05, 0.1) is 13.2 Å². The lowest BCUT2D eigenvalue weighted by atomic mass is 10.3. The molecular weight excluding hydrogens is 232 g/mol. The van der Waals surface area contributed by atoms with Gasteiger partial charge in [-0.25, -0.2) is 9.97 Å². The van der Waals surface area contributed by atoms with Gasteiger partial charge < -0.3 is 20.4 Å². The Morgan fingerprint density at radius 3 is 2.39 bits per heavy atom. The van der Waals surface area contributed by atoms with Crippen molar-refractivity contribution in [3.05, 3.63) is 11.9 Å². The van der Waals surface area contributed by atoms with E-state index in [9.17, 15) is 0 Å². The Balaban J connectivity index is 2.99. The van der Waals surface area contributed by atoms with Crippen LogP contribution in [-0.4, -0.2) is 53.5 Å². The first kappa shape index (κ1) is 14.7. The number of aryl methyl sites for hydroxylation is 1. The van der Waals surface area contributed by atoms with E-state index in [1.807, 2.05) is 18.0 Å². The van der Waals surface area contributed by atoms with Gasteiger partial charge in [0.2, 0.25) is 0 Å². The van der Waals surface area contributed by atoms with Gasteiger partial charge in [0.25, 0.3) is 0 Å². The highest BCUT2D eigenvalue weighted by Crippen LogP contribution is 2.16. The molecule has 6 heteroatoms. The number of aromatic nitrogens is 2. The van der Waals surface area contributed by atoms with Crippen LogP contribution in [0.15, 0.2) is 6.07 Å². The van der Waals surface area contributed by atoms with E-state index in [0.717, 1.165) is 30.3 Å². The second-order valence-electron chi connectivity index (χ2n) is 3.96. The molecule has 0 radical (unpaired) electrons. The Labute approximate surface area is 108 Å². The SMILES string of the molecule is CCCc1nc(NC)cc(N(CCO)CCO)n1. The fraction of sp³-hybridized carbons (Fsp3) is 0.667. The van der Waals surface area contributed by atoms with Crippen LogP contribution in [-0.2, 0) is 6.42 Å². The quantitative estimate of drug-likeness (QED) is 0.617. The average Bonchev–Trinajstić information content (AvgIpc) is 2.38. The number of hydrogen-bond acceptors (Lipinski definition) is 6. The van der Waals surface area contributed by atoms with Crippen LogP contribution in [0.4, 0.5) is 11.6 Å². The molecule has 1 aromatic heterocycles. The van der Waals surface area contributed by atoms with Crippen LogP contribution in [0.1, 0.15) is 19.2 Å². The monoisotopic (exact) mass is 254 g/mol. The molecule has 1 rings (SSSR count). The number of aliphatic hydroxyl groups excluding tert-OH is 2. The van der Waals surface area contributed by atoms with Gasteiger partial charge in [-0.3, -0.25) is 0 Å². The molecule has 1 aromatic rings. The van der Waals surface area contributed by atoms with Crippen LogP contribution >= 0.6 is 0 Å². The Hall–Kier alpha value is -1.40. The highest BCUT2D eigenvalue weighted by molar-refractivity contribution is 5.49. The lowest BCUT2D eigenvalue weighted by molar-refractivity contribution is 0.280. The molecule has 0 aliphatic carbocycles. The van der Waals surface area contributed by atoms with Crippen molar-refractivity contribution < 1.29 is 10.2 Å². The third-order valence-corrected chi connectivity index (χ3v) is 2.55. The first-order valence-corrected chi connectivity index (χ1v) is 6.27. The highest BCUT2D eigenvalue weighted by atomic mass is 16.3. The molecule has 0 bridgehead atoms. The number of anilines is 2. The molecule has 3 N–H and O–H groups in total. The molecule has 18 heavy (non-hydrogen) atoms. The number of nitrogens with zero attached hydrogens (tertiary/aromatic N) is 3. The van der Waals surface area contributed by atoms with Crippen molar-refractivity contribution in [2.24, 2.45) is 0 Å². The minimum atomic E-state index is 0.0298. The Kier molecular flexibility index (Phi) is 6.38. The zero-order valence-electron chi connectivity index (χ0n) is 11.1. The average molecular weight is 254 g/mol. The van der Waals surface area contributed by atoms with E-state index in [0.29, 0.717) is 13.1 Å². The van der Waals surface area contributed by atoms with Gasteiger partial charge in [0, 0.05) is 32.6 Å². The summed E-state index contributed by atoms with van der Waals surface area (Å²) in [5, 5.41) is 21.1. The molecule has 0 atom stereocenters. The molecule has 0 saturated heterocycles. The lowest BCUT2D eigenvalue weighted by Crippen LogP contribution is -2.30. The molecule has 1 heterocycles. The van der Waals surface area contributed by atoms with E-state index in [2.05, 4.69) is 22.2 Å². The van der Waals surface area contributed by atoms with Gasteiger partial charge in [-0.2, -0.15) is 0 Å². The Morgan fingerprint density at radius 1 is 1.22 bits per heavy atom. The number of hydrogen-bond donors (Lipinski definition) is 3. The summed E-state index contributed by atoms with van der Waals surface area (Å²) in [7, 11) is 1.81. The van der Waals surface area contributed by atoms with Crippen molar-refractivity contribution in [1.29, 1.82) is 0 Å². The van der Waals surface area contributed by atoms with Crippen LogP contribution in [0.2, 0.25) is 0 Å². The fourth-order valence-corrected chi connectivity index (χ4v) is 1.69. The molecule has 0 aliphatic heterocycles. The van der Waals surface area contributed by atoms with Crippen molar-refractivity contribution >= 4 is 11.6 Å². The summed E-state index contributed by atoms with van der Waals surface area (Å²) >= 11 is 0. The van der Waals surface area contributed by atoms with Crippen LogP contribution in [0, 0.1) is 0 Å². The summed E-state index contributed by atoms with van der Waals surface area (Å²) in [5.41, 5.74) is 0.